The van der Waals surface area contributed by atoms with E-state index in [9.17, 15) is 18.0 Å². The van der Waals surface area contributed by atoms with Gasteiger partial charge in [-0.1, -0.05) is 12.1 Å². The molecule has 1 fully saturated rings. The van der Waals surface area contributed by atoms with Gasteiger partial charge in [0.25, 0.3) is 0 Å². The molecule has 0 radical (unpaired) electrons. The van der Waals surface area contributed by atoms with Crippen molar-refractivity contribution in [1.29, 1.82) is 0 Å². The minimum Gasteiger partial charge on any atom is -0.444 e. The fourth-order valence-electron chi connectivity index (χ4n) is 3.59. The summed E-state index contributed by atoms with van der Waals surface area (Å²) in [5.74, 6) is 0. The first kappa shape index (κ1) is 18.7. The molecular weight excluding hydrogens is 345 g/mol. The maximum absolute atomic E-state index is 12.9. The number of hydrogen-bond donors (Lipinski definition) is 0. The molecule has 2 atom stereocenters. The smallest absolute Gasteiger partial charge is 0.433 e. The average Bonchev–Trinajstić information content (AvgIpc) is 2.51. The Morgan fingerprint density at radius 2 is 1.96 bits per heavy atom. The van der Waals surface area contributed by atoms with E-state index < -0.39 is 17.5 Å². The minimum atomic E-state index is -4.47. The first-order valence-corrected chi connectivity index (χ1v) is 8.81. The zero-order chi connectivity index (χ0) is 19.1. The first-order valence-electron chi connectivity index (χ1n) is 8.81. The maximum Gasteiger partial charge on any atom is 0.433 e. The van der Waals surface area contributed by atoms with Gasteiger partial charge in [-0.15, -0.1) is 0 Å². The SMILES string of the molecule is CC(C)(C)OC(=O)N1C2C=C(c3cccc(C(F)(F)F)n3)CC1CCC2. The second-order valence-electron chi connectivity index (χ2n) is 7.84. The number of amides is 1. The molecule has 1 aromatic heterocycles. The Balaban J connectivity index is 1.88. The zero-order valence-electron chi connectivity index (χ0n) is 15.1. The number of nitrogens with zero attached hydrogens (tertiary/aromatic N) is 2. The average molecular weight is 368 g/mol. The lowest BCUT2D eigenvalue weighted by molar-refractivity contribution is -0.141. The van der Waals surface area contributed by atoms with Crippen molar-refractivity contribution in [2.24, 2.45) is 0 Å². The molecule has 2 bridgehead atoms. The van der Waals surface area contributed by atoms with Gasteiger partial charge in [-0.05, 0) is 64.2 Å². The molecule has 0 N–H and O–H groups in total. The van der Waals surface area contributed by atoms with Crippen LogP contribution in [0, 0.1) is 0 Å². The number of carbonyl (C=O) groups is 1. The van der Waals surface area contributed by atoms with Crippen LogP contribution in [-0.2, 0) is 10.9 Å². The maximum atomic E-state index is 12.9. The van der Waals surface area contributed by atoms with Crippen molar-refractivity contribution in [3.05, 3.63) is 35.7 Å². The van der Waals surface area contributed by atoms with E-state index in [1.54, 1.807) is 11.0 Å². The number of alkyl halides is 3. The highest BCUT2D eigenvalue weighted by atomic mass is 19.4. The topological polar surface area (TPSA) is 42.4 Å². The van der Waals surface area contributed by atoms with Gasteiger partial charge in [0.15, 0.2) is 0 Å². The van der Waals surface area contributed by atoms with Gasteiger partial charge in [0, 0.05) is 6.04 Å². The van der Waals surface area contributed by atoms with E-state index in [1.165, 1.54) is 6.07 Å². The monoisotopic (exact) mass is 368 g/mol. The number of carbonyl (C=O) groups excluding carboxylic acids is 1. The van der Waals surface area contributed by atoms with E-state index in [2.05, 4.69) is 4.98 Å². The third-order valence-corrected chi connectivity index (χ3v) is 4.61. The van der Waals surface area contributed by atoms with E-state index in [0.717, 1.165) is 30.9 Å². The van der Waals surface area contributed by atoms with Crippen molar-refractivity contribution in [2.75, 3.05) is 0 Å². The molecule has 2 aliphatic heterocycles. The number of fused-ring (bicyclic) bond motifs is 2. The highest BCUT2D eigenvalue weighted by Crippen LogP contribution is 2.38. The van der Waals surface area contributed by atoms with Crippen LogP contribution in [0.2, 0.25) is 0 Å². The Kier molecular flexibility index (Phi) is 4.75. The van der Waals surface area contributed by atoms with Crippen LogP contribution < -0.4 is 0 Å². The molecular formula is C19H23F3N2O2. The second kappa shape index (κ2) is 6.59. The summed E-state index contributed by atoms with van der Waals surface area (Å²) in [6.45, 7) is 5.45. The highest BCUT2D eigenvalue weighted by Gasteiger charge is 2.40. The lowest BCUT2D eigenvalue weighted by Gasteiger charge is -2.45. The van der Waals surface area contributed by atoms with Crippen molar-refractivity contribution in [3.8, 4) is 0 Å². The van der Waals surface area contributed by atoms with Gasteiger partial charge in [0.2, 0.25) is 0 Å². The normalized spacial score (nSPS) is 23.5. The molecule has 2 unspecified atom stereocenters. The third kappa shape index (κ3) is 4.02. The first-order chi connectivity index (χ1) is 12.0. The number of hydrogen-bond acceptors (Lipinski definition) is 3. The van der Waals surface area contributed by atoms with Crippen molar-refractivity contribution in [1.82, 2.24) is 9.88 Å². The van der Waals surface area contributed by atoms with Crippen LogP contribution in [0.5, 0.6) is 0 Å². The predicted octanol–water partition coefficient (Wildman–Crippen LogP) is 5.05. The quantitative estimate of drug-likeness (QED) is 0.697. The van der Waals surface area contributed by atoms with Gasteiger partial charge in [0.05, 0.1) is 11.7 Å². The van der Waals surface area contributed by atoms with Crippen LogP contribution >= 0.6 is 0 Å². The minimum absolute atomic E-state index is 0.0695. The Morgan fingerprint density at radius 3 is 2.58 bits per heavy atom. The number of pyridine rings is 1. The molecule has 26 heavy (non-hydrogen) atoms. The highest BCUT2D eigenvalue weighted by molar-refractivity contribution is 5.74. The Morgan fingerprint density at radius 1 is 1.23 bits per heavy atom. The summed E-state index contributed by atoms with van der Waals surface area (Å²) in [5, 5.41) is 0. The van der Waals surface area contributed by atoms with Crippen molar-refractivity contribution in [3.63, 3.8) is 0 Å². The summed E-state index contributed by atoms with van der Waals surface area (Å²) in [6.07, 6.45) is 0.105. The van der Waals surface area contributed by atoms with Gasteiger partial charge >= 0.3 is 12.3 Å². The van der Waals surface area contributed by atoms with Gasteiger partial charge in [0.1, 0.15) is 11.3 Å². The van der Waals surface area contributed by atoms with Crippen LogP contribution in [0.25, 0.3) is 5.57 Å². The molecule has 0 aromatic carbocycles. The fourth-order valence-corrected chi connectivity index (χ4v) is 3.59. The third-order valence-electron chi connectivity index (χ3n) is 4.61. The van der Waals surface area contributed by atoms with Crippen LogP contribution in [-0.4, -0.2) is 33.7 Å². The lowest BCUT2D eigenvalue weighted by Crippen LogP contribution is -2.53. The Hall–Kier alpha value is -2.05. The van der Waals surface area contributed by atoms with E-state index in [1.807, 2.05) is 26.8 Å². The fraction of sp³-hybridized carbons (Fsp3) is 0.579. The Bertz CT molecular complexity index is 722. The molecule has 1 saturated heterocycles. The van der Waals surface area contributed by atoms with E-state index >= 15 is 0 Å². The van der Waals surface area contributed by atoms with E-state index in [4.69, 9.17) is 4.74 Å². The van der Waals surface area contributed by atoms with Gasteiger partial charge in [-0.25, -0.2) is 9.78 Å². The molecule has 3 rings (SSSR count). The van der Waals surface area contributed by atoms with Crippen LogP contribution in [0.3, 0.4) is 0 Å². The summed E-state index contributed by atoms with van der Waals surface area (Å²) in [4.78, 5) is 18.1. The van der Waals surface area contributed by atoms with E-state index in [-0.39, 0.29) is 18.2 Å². The number of aromatic nitrogens is 1. The van der Waals surface area contributed by atoms with Crippen molar-refractivity contribution in [2.45, 2.75) is 70.3 Å². The predicted molar refractivity (Wildman–Crippen MR) is 91.3 cm³/mol. The molecule has 1 aromatic rings. The second-order valence-corrected chi connectivity index (χ2v) is 7.84. The number of ether oxygens (including phenoxy) is 1. The van der Waals surface area contributed by atoms with Crippen LogP contribution in [0.15, 0.2) is 24.3 Å². The summed E-state index contributed by atoms with van der Waals surface area (Å²) in [6, 6.07) is 3.71. The zero-order valence-corrected chi connectivity index (χ0v) is 15.1. The molecule has 0 aliphatic carbocycles. The lowest BCUT2D eigenvalue weighted by atomic mass is 9.84. The summed E-state index contributed by atoms with van der Waals surface area (Å²) in [5.41, 5.74) is -0.375. The number of rotatable bonds is 1. The Labute approximate surface area is 151 Å². The van der Waals surface area contributed by atoms with E-state index in [0.29, 0.717) is 12.1 Å². The van der Waals surface area contributed by atoms with Gasteiger partial charge in [-0.2, -0.15) is 13.2 Å². The largest absolute Gasteiger partial charge is 0.444 e. The molecule has 0 spiro atoms. The van der Waals surface area contributed by atoms with Crippen LogP contribution in [0.4, 0.5) is 18.0 Å². The van der Waals surface area contributed by atoms with Gasteiger partial charge in [-0.3, -0.25) is 4.90 Å². The molecule has 7 heteroatoms. The number of piperidine rings is 1. The molecule has 0 saturated carbocycles. The van der Waals surface area contributed by atoms with Crippen molar-refractivity contribution < 1.29 is 22.7 Å². The summed E-state index contributed by atoms with van der Waals surface area (Å²) in [7, 11) is 0. The standard InChI is InChI=1S/C19H23F3N2O2/c1-18(2,3)26-17(25)24-13-6-4-7-14(24)11-12(10-13)15-8-5-9-16(23-15)19(20,21)22/h5,8-10,13-14H,4,6-7,11H2,1-3H3. The number of halogens is 3. The molecule has 1 amide bonds. The van der Waals surface area contributed by atoms with Gasteiger partial charge < -0.3 is 4.74 Å². The molecule has 4 nitrogen and oxygen atoms in total. The molecule has 2 aliphatic rings. The molecule has 3 heterocycles. The molecule has 142 valence electrons. The summed E-state index contributed by atoms with van der Waals surface area (Å²) >= 11 is 0. The van der Waals surface area contributed by atoms with Crippen LogP contribution in [0.1, 0.15) is 57.8 Å². The van der Waals surface area contributed by atoms with Crippen molar-refractivity contribution >= 4 is 11.7 Å². The summed E-state index contributed by atoms with van der Waals surface area (Å²) < 4.78 is 44.3.